The predicted molar refractivity (Wildman–Crippen MR) is 90.9 cm³/mol. The van der Waals surface area contributed by atoms with Gasteiger partial charge in [-0.15, -0.1) is 11.3 Å². The normalized spacial score (nSPS) is 11.1. The molecule has 0 fully saturated rings. The Morgan fingerprint density at radius 3 is 2.36 bits per heavy atom. The van der Waals surface area contributed by atoms with Crippen LogP contribution in [0.2, 0.25) is 5.02 Å². The van der Waals surface area contributed by atoms with Crippen molar-refractivity contribution in [1.29, 1.82) is 0 Å². The number of rotatable bonds is 2. The summed E-state index contributed by atoms with van der Waals surface area (Å²) in [5.41, 5.74) is 2.92. The van der Waals surface area contributed by atoms with Gasteiger partial charge in [-0.2, -0.15) is 0 Å². The molecule has 3 rings (SSSR count). The SMILES string of the molecule is Cc1ccc2c(Cl)c(C(=O)c3c(C)cc(F)cc3C)sc2c1. The van der Waals surface area contributed by atoms with Gasteiger partial charge in [0.05, 0.1) is 9.90 Å². The molecule has 112 valence electrons. The molecule has 0 saturated carbocycles. The van der Waals surface area contributed by atoms with Gasteiger partial charge in [-0.1, -0.05) is 23.7 Å². The molecule has 1 aromatic heterocycles. The maximum Gasteiger partial charge on any atom is 0.205 e. The minimum absolute atomic E-state index is 0.140. The summed E-state index contributed by atoms with van der Waals surface area (Å²) in [6.45, 7) is 5.49. The van der Waals surface area contributed by atoms with Crippen LogP contribution < -0.4 is 0 Å². The maximum absolute atomic E-state index is 13.4. The minimum atomic E-state index is -0.329. The highest BCUT2D eigenvalue weighted by Crippen LogP contribution is 2.37. The smallest absolute Gasteiger partial charge is 0.205 e. The van der Waals surface area contributed by atoms with Gasteiger partial charge in [0.15, 0.2) is 0 Å². The van der Waals surface area contributed by atoms with Gasteiger partial charge in [-0.05, 0) is 55.7 Å². The Bertz CT molecular complexity index is 888. The van der Waals surface area contributed by atoms with Gasteiger partial charge in [-0.25, -0.2) is 4.39 Å². The first-order valence-electron chi connectivity index (χ1n) is 6.88. The molecule has 0 bridgehead atoms. The average molecular weight is 333 g/mol. The van der Waals surface area contributed by atoms with E-state index in [9.17, 15) is 9.18 Å². The van der Waals surface area contributed by atoms with Crippen molar-refractivity contribution in [2.75, 3.05) is 0 Å². The Morgan fingerprint density at radius 1 is 1.09 bits per heavy atom. The molecule has 0 saturated heterocycles. The van der Waals surface area contributed by atoms with Gasteiger partial charge in [-0.3, -0.25) is 4.79 Å². The van der Waals surface area contributed by atoms with Gasteiger partial charge in [0.2, 0.25) is 5.78 Å². The first-order valence-corrected chi connectivity index (χ1v) is 8.08. The van der Waals surface area contributed by atoms with Crippen molar-refractivity contribution >= 4 is 38.8 Å². The van der Waals surface area contributed by atoms with Crippen LogP contribution in [-0.2, 0) is 0 Å². The molecule has 0 aliphatic carbocycles. The minimum Gasteiger partial charge on any atom is -0.288 e. The molecule has 0 aliphatic rings. The van der Waals surface area contributed by atoms with Crippen molar-refractivity contribution in [3.8, 4) is 0 Å². The summed E-state index contributed by atoms with van der Waals surface area (Å²) in [5.74, 6) is -0.469. The summed E-state index contributed by atoms with van der Waals surface area (Å²) < 4.78 is 14.4. The standard InChI is InChI=1S/C18H14ClFOS/c1-9-4-5-13-14(6-9)22-18(16(13)19)17(21)15-10(2)7-12(20)8-11(15)3/h4-8H,1-3H3. The van der Waals surface area contributed by atoms with E-state index in [2.05, 4.69) is 0 Å². The average Bonchev–Trinajstić information content (AvgIpc) is 2.74. The van der Waals surface area contributed by atoms with Crippen LogP contribution in [0, 0.1) is 26.6 Å². The Hall–Kier alpha value is -1.71. The lowest BCUT2D eigenvalue weighted by Crippen LogP contribution is -2.05. The van der Waals surface area contributed by atoms with E-state index < -0.39 is 0 Å². The Balaban J connectivity index is 2.20. The molecule has 22 heavy (non-hydrogen) atoms. The molecule has 0 radical (unpaired) electrons. The maximum atomic E-state index is 13.4. The van der Waals surface area contributed by atoms with Crippen molar-refractivity contribution < 1.29 is 9.18 Å². The van der Waals surface area contributed by atoms with Gasteiger partial charge in [0, 0.05) is 15.6 Å². The van der Waals surface area contributed by atoms with E-state index in [0.717, 1.165) is 15.6 Å². The topological polar surface area (TPSA) is 17.1 Å². The zero-order valence-electron chi connectivity index (χ0n) is 12.5. The summed E-state index contributed by atoms with van der Waals surface area (Å²) in [6, 6.07) is 8.69. The zero-order chi connectivity index (χ0) is 16.0. The lowest BCUT2D eigenvalue weighted by atomic mass is 9.98. The lowest BCUT2D eigenvalue weighted by Gasteiger charge is -2.08. The van der Waals surface area contributed by atoms with Crippen LogP contribution >= 0.6 is 22.9 Å². The van der Waals surface area contributed by atoms with Crippen molar-refractivity contribution in [2.24, 2.45) is 0 Å². The number of carbonyl (C=O) groups is 1. The second kappa shape index (κ2) is 5.49. The third-order valence-corrected chi connectivity index (χ3v) is 5.37. The molecular weight excluding hydrogens is 319 g/mol. The lowest BCUT2D eigenvalue weighted by molar-refractivity contribution is 0.104. The van der Waals surface area contributed by atoms with E-state index >= 15 is 0 Å². The van der Waals surface area contributed by atoms with Crippen molar-refractivity contribution in [3.05, 3.63) is 68.3 Å². The fourth-order valence-electron chi connectivity index (χ4n) is 2.70. The van der Waals surface area contributed by atoms with E-state index in [1.165, 1.54) is 23.5 Å². The molecule has 0 spiro atoms. The summed E-state index contributed by atoms with van der Waals surface area (Å²) in [7, 11) is 0. The molecule has 1 nitrogen and oxygen atoms in total. The summed E-state index contributed by atoms with van der Waals surface area (Å²) in [6.07, 6.45) is 0. The third-order valence-electron chi connectivity index (χ3n) is 3.72. The third kappa shape index (κ3) is 2.44. The number of carbonyl (C=O) groups excluding carboxylic acids is 1. The number of halogens is 2. The fourth-order valence-corrected chi connectivity index (χ4v) is 4.26. The summed E-state index contributed by atoms with van der Waals surface area (Å²) in [5, 5.41) is 1.37. The van der Waals surface area contributed by atoms with Crippen LogP contribution in [0.4, 0.5) is 4.39 Å². The van der Waals surface area contributed by atoms with Gasteiger partial charge >= 0.3 is 0 Å². The van der Waals surface area contributed by atoms with E-state index in [4.69, 9.17) is 11.6 Å². The molecule has 0 amide bonds. The highest BCUT2D eigenvalue weighted by atomic mass is 35.5. The van der Waals surface area contributed by atoms with E-state index in [1.54, 1.807) is 13.8 Å². The van der Waals surface area contributed by atoms with Crippen LogP contribution in [0.5, 0.6) is 0 Å². The first kappa shape index (κ1) is 15.2. The molecule has 0 unspecified atom stereocenters. The molecular formula is C18H14ClFOS. The summed E-state index contributed by atoms with van der Waals surface area (Å²) >= 11 is 7.79. The predicted octanol–water partition coefficient (Wildman–Crippen LogP) is 5.85. The van der Waals surface area contributed by atoms with Crippen molar-refractivity contribution in [1.82, 2.24) is 0 Å². The highest BCUT2D eigenvalue weighted by Gasteiger charge is 2.22. The van der Waals surface area contributed by atoms with Crippen LogP contribution in [0.1, 0.15) is 31.9 Å². The second-order valence-electron chi connectivity index (χ2n) is 5.49. The van der Waals surface area contributed by atoms with Crippen LogP contribution in [-0.4, -0.2) is 5.78 Å². The summed E-state index contributed by atoms with van der Waals surface area (Å²) in [4.78, 5) is 13.4. The van der Waals surface area contributed by atoms with Crippen LogP contribution in [0.15, 0.2) is 30.3 Å². The monoisotopic (exact) mass is 332 g/mol. The number of benzene rings is 2. The quantitative estimate of drug-likeness (QED) is 0.538. The number of fused-ring (bicyclic) bond motifs is 1. The molecule has 3 aromatic rings. The van der Waals surface area contributed by atoms with Crippen LogP contribution in [0.25, 0.3) is 10.1 Å². The molecule has 0 atom stereocenters. The van der Waals surface area contributed by atoms with Crippen molar-refractivity contribution in [3.63, 3.8) is 0 Å². The molecule has 0 N–H and O–H groups in total. The zero-order valence-corrected chi connectivity index (χ0v) is 14.0. The Kier molecular flexibility index (Phi) is 3.79. The molecule has 0 aliphatic heterocycles. The highest BCUT2D eigenvalue weighted by molar-refractivity contribution is 7.21. The Labute approximate surface area is 137 Å². The van der Waals surface area contributed by atoms with Crippen LogP contribution in [0.3, 0.4) is 0 Å². The molecule has 4 heteroatoms. The van der Waals surface area contributed by atoms with E-state index in [1.807, 2.05) is 25.1 Å². The number of thiophene rings is 1. The molecule has 2 aromatic carbocycles. The molecule has 1 heterocycles. The van der Waals surface area contributed by atoms with E-state index in [-0.39, 0.29) is 11.6 Å². The van der Waals surface area contributed by atoms with E-state index in [0.29, 0.717) is 26.6 Å². The second-order valence-corrected chi connectivity index (χ2v) is 6.92. The largest absolute Gasteiger partial charge is 0.288 e. The number of hydrogen-bond acceptors (Lipinski definition) is 2. The number of ketones is 1. The number of hydrogen-bond donors (Lipinski definition) is 0. The van der Waals surface area contributed by atoms with Gasteiger partial charge in [0.1, 0.15) is 5.82 Å². The number of aryl methyl sites for hydroxylation is 3. The Morgan fingerprint density at radius 2 is 1.73 bits per heavy atom. The van der Waals surface area contributed by atoms with Gasteiger partial charge < -0.3 is 0 Å². The first-order chi connectivity index (χ1) is 10.4. The van der Waals surface area contributed by atoms with Crippen molar-refractivity contribution in [2.45, 2.75) is 20.8 Å². The van der Waals surface area contributed by atoms with Gasteiger partial charge in [0.25, 0.3) is 0 Å². The fraction of sp³-hybridized carbons (Fsp3) is 0.167.